The predicted molar refractivity (Wildman–Crippen MR) is 163 cm³/mol. The number of phosphoric acid groups is 1. The van der Waals surface area contributed by atoms with E-state index < -0.39 is 37.6 Å². The lowest BCUT2D eigenvalue weighted by Gasteiger charge is -2.24. The standard InChI is InChI=1S/C31H35N4O8P/c1-20(2)16-27(30(37)33-19-22-6-5-7-26(17-22)42-4)35-31(38)28(34-29(36)23-10-12-24(32-3)13-11-23)18-21-8-14-25(15-9-21)43-44(39,40)41/h5-15,17,20,27-28H,16,18-19H2,1-2,4H3,(H,33,37)(H,34,36)(H,35,38)(H2,39,40,41). The van der Waals surface area contributed by atoms with Crippen LogP contribution < -0.4 is 25.2 Å². The van der Waals surface area contributed by atoms with Crippen LogP contribution in [0.15, 0.2) is 72.8 Å². The number of amides is 3. The van der Waals surface area contributed by atoms with Crippen molar-refractivity contribution in [1.29, 1.82) is 0 Å². The van der Waals surface area contributed by atoms with E-state index in [1.165, 1.54) is 48.5 Å². The molecule has 2 unspecified atom stereocenters. The second-order valence-electron chi connectivity index (χ2n) is 10.4. The molecule has 0 aliphatic heterocycles. The quantitative estimate of drug-likeness (QED) is 0.133. The third-order valence-corrected chi connectivity index (χ3v) is 6.86. The van der Waals surface area contributed by atoms with E-state index in [-0.39, 0.29) is 30.2 Å². The Morgan fingerprint density at radius 1 is 0.886 bits per heavy atom. The Labute approximate surface area is 255 Å². The van der Waals surface area contributed by atoms with Crippen molar-refractivity contribution in [2.45, 2.75) is 45.3 Å². The highest BCUT2D eigenvalue weighted by Crippen LogP contribution is 2.37. The third-order valence-electron chi connectivity index (χ3n) is 6.41. The summed E-state index contributed by atoms with van der Waals surface area (Å²) in [6, 6.07) is 16.8. The van der Waals surface area contributed by atoms with Crippen molar-refractivity contribution in [2.75, 3.05) is 7.11 Å². The van der Waals surface area contributed by atoms with Gasteiger partial charge in [-0.1, -0.05) is 62.4 Å². The van der Waals surface area contributed by atoms with Crippen LogP contribution in [0.4, 0.5) is 5.69 Å². The van der Waals surface area contributed by atoms with Crippen LogP contribution >= 0.6 is 7.82 Å². The molecule has 0 spiro atoms. The van der Waals surface area contributed by atoms with Crippen molar-refractivity contribution >= 4 is 31.2 Å². The van der Waals surface area contributed by atoms with Crippen LogP contribution in [0.1, 0.15) is 41.8 Å². The molecule has 0 saturated heterocycles. The molecule has 0 aliphatic carbocycles. The van der Waals surface area contributed by atoms with Crippen molar-refractivity contribution in [3.63, 3.8) is 0 Å². The minimum atomic E-state index is -4.76. The van der Waals surface area contributed by atoms with Gasteiger partial charge < -0.3 is 25.2 Å². The number of hydrogen-bond acceptors (Lipinski definition) is 6. The molecule has 0 aliphatic rings. The van der Waals surface area contributed by atoms with Crippen molar-refractivity contribution < 1.29 is 38.0 Å². The smallest absolute Gasteiger partial charge is 0.497 e. The third kappa shape index (κ3) is 10.9. The first-order valence-corrected chi connectivity index (χ1v) is 15.2. The normalized spacial score (nSPS) is 12.4. The fourth-order valence-electron chi connectivity index (χ4n) is 4.27. The topological polar surface area (TPSA) is 168 Å². The SMILES string of the molecule is [C-]#[N+]c1ccc(C(=O)NC(Cc2ccc(OP(=O)(O)O)cc2)C(=O)NC(CC(C)C)C(=O)NCc2cccc(OC)c2)cc1. The number of carbonyl (C=O) groups excluding carboxylic acids is 3. The summed E-state index contributed by atoms with van der Waals surface area (Å²) in [6.07, 6.45) is 0.330. The Bertz CT molecular complexity index is 1530. The fraction of sp³-hybridized carbons (Fsp3) is 0.290. The molecule has 13 heteroatoms. The minimum absolute atomic E-state index is 0.00622. The van der Waals surface area contributed by atoms with Crippen LogP contribution in [0.5, 0.6) is 11.5 Å². The lowest BCUT2D eigenvalue weighted by molar-refractivity contribution is -0.130. The van der Waals surface area contributed by atoms with Crippen molar-refractivity contribution in [1.82, 2.24) is 16.0 Å². The van der Waals surface area contributed by atoms with E-state index in [1.807, 2.05) is 19.9 Å². The largest absolute Gasteiger partial charge is 0.524 e. The summed E-state index contributed by atoms with van der Waals surface area (Å²) in [4.78, 5) is 61.4. The van der Waals surface area contributed by atoms with Gasteiger partial charge in [-0.25, -0.2) is 9.41 Å². The molecule has 3 rings (SSSR count). The number of ether oxygens (including phenoxy) is 1. The monoisotopic (exact) mass is 622 g/mol. The number of nitrogens with zero attached hydrogens (tertiary/aromatic N) is 1. The summed E-state index contributed by atoms with van der Waals surface area (Å²) in [6.45, 7) is 11.2. The van der Waals surface area contributed by atoms with Gasteiger partial charge >= 0.3 is 7.82 Å². The average Bonchev–Trinajstić information content (AvgIpc) is 2.99. The molecule has 3 amide bonds. The van der Waals surface area contributed by atoms with Gasteiger partial charge in [0.05, 0.1) is 13.7 Å². The van der Waals surface area contributed by atoms with Gasteiger partial charge in [-0.05, 0) is 47.7 Å². The lowest BCUT2D eigenvalue weighted by atomic mass is 10.0. The summed E-state index contributed by atoms with van der Waals surface area (Å²) in [5.41, 5.74) is 1.95. The second-order valence-corrected chi connectivity index (χ2v) is 11.5. The molecule has 0 saturated carbocycles. The van der Waals surface area contributed by atoms with Gasteiger partial charge in [-0.3, -0.25) is 24.2 Å². The Morgan fingerprint density at radius 2 is 1.57 bits per heavy atom. The van der Waals surface area contributed by atoms with E-state index in [0.717, 1.165) is 5.56 Å². The highest BCUT2D eigenvalue weighted by atomic mass is 31.2. The highest BCUT2D eigenvalue weighted by molar-refractivity contribution is 7.46. The number of carbonyl (C=O) groups is 3. The molecule has 3 aromatic carbocycles. The zero-order chi connectivity index (χ0) is 32.3. The van der Waals surface area contributed by atoms with E-state index >= 15 is 0 Å². The fourth-order valence-corrected chi connectivity index (χ4v) is 4.66. The number of rotatable bonds is 14. The molecular weight excluding hydrogens is 587 g/mol. The van der Waals surface area contributed by atoms with E-state index in [9.17, 15) is 18.9 Å². The second kappa shape index (κ2) is 15.7. The molecular formula is C31H35N4O8P. The van der Waals surface area contributed by atoms with Crippen molar-refractivity contribution in [3.8, 4) is 11.5 Å². The number of phosphoric ester groups is 1. The molecule has 0 fully saturated rings. The average molecular weight is 623 g/mol. The van der Waals surface area contributed by atoms with E-state index in [0.29, 0.717) is 23.4 Å². The first-order chi connectivity index (χ1) is 20.9. The van der Waals surface area contributed by atoms with E-state index in [1.54, 1.807) is 25.3 Å². The van der Waals surface area contributed by atoms with Crippen LogP contribution in [0, 0.1) is 12.5 Å². The molecule has 0 bridgehead atoms. The predicted octanol–water partition coefficient (Wildman–Crippen LogP) is 3.91. The van der Waals surface area contributed by atoms with E-state index in [4.69, 9.17) is 21.1 Å². The first kappa shape index (κ1) is 33.8. The summed E-state index contributed by atoms with van der Waals surface area (Å²) in [5, 5.41) is 8.35. The molecule has 2 atom stereocenters. The molecule has 0 aromatic heterocycles. The lowest BCUT2D eigenvalue weighted by Crippen LogP contribution is -2.54. The zero-order valence-corrected chi connectivity index (χ0v) is 25.4. The molecule has 5 N–H and O–H groups in total. The van der Waals surface area contributed by atoms with Gasteiger partial charge in [-0.15, -0.1) is 0 Å². The summed E-state index contributed by atoms with van der Waals surface area (Å²) in [7, 11) is -3.21. The number of methoxy groups -OCH3 is 1. The van der Waals surface area contributed by atoms with Crippen molar-refractivity contribution in [2.24, 2.45) is 5.92 Å². The molecule has 44 heavy (non-hydrogen) atoms. The molecule has 0 heterocycles. The van der Waals surface area contributed by atoms with Gasteiger partial charge in [0, 0.05) is 18.5 Å². The number of benzene rings is 3. The Kier molecular flexibility index (Phi) is 12.1. The van der Waals surface area contributed by atoms with Gasteiger partial charge in [0.1, 0.15) is 23.6 Å². The van der Waals surface area contributed by atoms with E-state index in [2.05, 4.69) is 25.3 Å². The Morgan fingerprint density at radius 3 is 2.16 bits per heavy atom. The Balaban J connectivity index is 1.80. The van der Waals surface area contributed by atoms with Crippen LogP contribution in [0.25, 0.3) is 4.85 Å². The minimum Gasteiger partial charge on any atom is -0.497 e. The maximum atomic E-state index is 13.6. The summed E-state index contributed by atoms with van der Waals surface area (Å²) < 4.78 is 21.0. The maximum absolute atomic E-state index is 13.6. The molecule has 232 valence electrons. The van der Waals surface area contributed by atoms with Gasteiger partial charge in [0.25, 0.3) is 5.91 Å². The highest BCUT2D eigenvalue weighted by Gasteiger charge is 2.28. The Hall–Kier alpha value is -4.69. The summed E-state index contributed by atoms with van der Waals surface area (Å²) >= 11 is 0. The molecule has 0 radical (unpaired) electrons. The zero-order valence-electron chi connectivity index (χ0n) is 24.5. The van der Waals surface area contributed by atoms with Gasteiger partial charge in [0.15, 0.2) is 5.69 Å². The van der Waals surface area contributed by atoms with Gasteiger partial charge in [0.2, 0.25) is 11.8 Å². The van der Waals surface area contributed by atoms with Gasteiger partial charge in [-0.2, -0.15) is 0 Å². The van der Waals surface area contributed by atoms with Crippen LogP contribution in [0.3, 0.4) is 0 Å². The summed E-state index contributed by atoms with van der Waals surface area (Å²) in [5.74, 6) is -0.934. The van der Waals surface area contributed by atoms with Crippen LogP contribution in [-0.2, 0) is 27.1 Å². The molecule has 12 nitrogen and oxygen atoms in total. The van der Waals surface area contributed by atoms with Crippen LogP contribution in [-0.4, -0.2) is 46.7 Å². The molecule has 3 aromatic rings. The number of hydrogen-bond donors (Lipinski definition) is 5. The van der Waals surface area contributed by atoms with Crippen molar-refractivity contribution in [3.05, 3.63) is 101 Å². The maximum Gasteiger partial charge on any atom is 0.524 e. The number of nitrogens with one attached hydrogen (secondary N) is 3. The van der Waals surface area contributed by atoms with Crippen LogP contribution in [0.2, 0.25) is 0 Å². The first-order valence-electron chi connectivity index (χ1n) is 13.7.